The third kappa shape index (κ3) is 2.45. The van der Waals surface area contributed by atoms with Crippen LogP contribution >= 0.6 is 0 Å². The van der Waals surface area contributed by atoms with Crippen LogP contribution in [0.1, 0.15) is 30.1 Å². The zero-order valence-electron chi connectivity index (χ0n) is 10.6. The molecule has 0 aliphatic carbocycles. The smallest absolute Gasteiger partial charge is 0.323 e. The summed E-state index contributed by atoms with van der Waals surface area (Å²) < 4.78 is 0. The minimum absolute atomic E-state index is 0.0209. The number of nitrogens with one attached hydrogen (secondary N) is 2. The molecule has 5 heteroatoms. The number of carbonyl (C=O) groups excluding carboxylic acids is 1. The van der Waals surface area contributed by atoms with Crippen LogP contribution in [-0.2, 0) is 0 Å². The number of rotatable bonds is 4. The summed E-state index contributed by atoms with van der Waals surface area (Å²) in [5, 5.41) is 0. The number of aromatic nitrogens is 2. The molecule has 0 fully saturated rings. The molecule has 0 bridgehead atoms. The second kappa shape index (κ2) is 5.08. The van der Waals surface area contributed by atoms with E-state index in [1.807, 2.05) is 0 Å². The summed E-state index contributed by atoms with van der Waals surface area (Å²) in [6.45, 7) is 2.84. The van der Waals surface area contributed by atoms with Crippen LogP contribution in [0, 0.1) is 0 Å². The molecule has 0 aliphatic rings. The van der Waals surface area contributed by atoms with Crippen molar-refractivity contribution in [2.45, 2.75) is 19.8 Å². The van der Waals surface area contributed by atoms with Gasteiger partial charge in [-0.2, -0.15) is 0 Å². The Kier molecular flexibility index (Phi) is 3.50. The van der Waals surface area contributed by atoms with E-state index >= 15 is 0 Å². The van der Waals surface area contributed by atoms with Gasteiger partial charge in [0.2, 0.25) is 0 Å². The number of fused-ring (bicyclic) bond motifs is 1. The molecular weight excluding hydrogens is 230 g/mol. The van der Waals surface area contributed by atoms with E-state index in [4.69, 9.17) is 0 Å². The molecule has 0 radical (unpaired) electrons. The van der Waals surface area contributed by atoms with Gasteiger partial charge in [0.05, 0.1) is 11.0 Å². The third-order valence-corrected chi connectivity index (χ3v) is 2.96. The van der Waals surface area contributed by atoms with E-state index in [0.717, 1.165) is 19.4 Å². The number of nitrogens with zero attached hydrogens (tertiary/aromatic N) is 1. The molecule has 0 unspecified atom stereocenters. The van der Waals surface area contributed by atoms with E-state index in [1.165, 1.54) is 0 Å². The molecule has 1 aromatic heterocycles. The number of carbonyl (C=O) groups is 1. The minimum atomic E-state index is -0.256. The van der Waals surface area contributed by atoms with Crippen molar-refractivity contribution < 1.29 is 4.79 Å². The van der Waals surface area contributed by atoms with Crippen molar-refractivity contribution in [3.05, 3.63) is 34.2 Å². The Morgan fingerprint density at radius 1 is 1.28 bits per heavy atom. The molecule has 96 valence electrons. The van der Waals surface area contributed by atoms with Gasteiger partial charge in [-0.05, 0) is 24.6 Å². The summed E-state index contributed by atoms with van der Waals surface area (Å²) in [7, 11) is 1.79. The van der Waals surface area contributed by atoms with E-state index in [2.05, 4.69) is 16.9 Å². The lowest BCUT2D eigenvalue weighted by molar-refractivity contribution is 0.0793. The third-order valence-electron chi connectivity index (χ3n) is 2.96. The van der Waals surface area contributed by atoms with Crippen molar-refractivity contribution in [1.29, 1.82) is 0 Å². The monoisotopic (exact) mass is 247 g/mol. The fourth-order valence-electron chi connectivity index (χ4n) is 1.88. The maximum atomic E-state index is 12.1. The molecular formula is C13H17N3O2. The highest BCUT2D eigenvalue weighted by molar-refractivity contribution is 5.97. The molecule has 0 saturated heterocycles. The van der Waals surface area contributed by atoms with Crippen LogP contribution in [0.25, 0.3) is 11.0 Å². The molecule has 0 atom stereocenters. The van der Waals surface area contributed by atoms with E-state index in [0.29, 0.717) is 16.6 Å². The Morgan fingerprint density at radius 2 is 2.00 bits per heavy atom. The number of hydrogen-bond donors (Lipinski definition) is 2. The predicted octanol–water partition coefficient (Wildman–Crippen LogP) is 1.73. The quantitative estimate of drug-likeness (QED) is 0.863. The molecule has 5 nitrogen and oxygen atoms in total. The van der Waals surface area contributed by atoms with Gasteiger partial charge in [0.25, 0.3) is 5.91 Å². The molecule has 2 rings (SSSR count). The van der Waals surface area contributed by atoms with Crippen LogP contribution in [0.15, 0.2) is 23.0 Å². The van der Waals surface area contributed by atoms with Gasteiger partial charge in [-0.15, -0.1) is 0 Å². The number of H-pyrrole nitrogens is 2. The minimum Gasteiger partial charge on any atom is -0.342 e. The van der Waals surface area contributed by atoms with Gasteiger partial charge in [0.1, 0.15) is 0 Å². The fourth-order valence-corrected chi connectivity index (χ4v) is 1.88. The second-order valence-electron chi connectivity index (χ2n) is 4.42. The van der Waals surface area contributed by atoms with Crippen molar-refractivity contribution in [1.82, 2.24) is 14.9 Å². The molecule has 0 spiro atoms. The van der Waals surface area contributed by atoms with Crippen LogP contribution in [0.4, 0.5) is 0 Å². The molecule has 1 aromatic carbocycles. The first-order valence-electron chi connectivity index (χ1n) is 6.09. The van der Waals surface area contributed by atoms with Crippen molar-refractivity contribution in [3.8, 4) is 0 Å². The summed E-state index contributed by atoms with van der Waals surface area (Å²) in [5.41, 5.74) is 1.72. The molecule has 1 amide bonds. The first kappa shape index (κ1) is 12.4. The molecule has 1 heterocycles. The summed E-state index contributed by atoms with van der Waals surface area (Å²) >= 11 is 0. The molecule has 2 aromatic rings. The number of amides is 1. The van der Waals surface area contributed by atoms with Gasteiger partial charge >= 0.3 is 5.69 Å². The maximum absolute atomic E-state index is 12.1. The van der Waals surface area contributed by atoms with E-state index in [1.54, 1.807) is 30.1 Å². The number of unbranched alkanes of at least 4 members (excludes halogenated alkanes) is 1. The maximum Gasteiger partial charge on any atom is 0.323 e. The highest BCUT2D eigenvalue weighted by atomic mass is 16.2. The summed E-state index contributed by atoms with van der Waals surface area (Å²) in [4.78, 5) is 30.3. The Labute approximate surface area is 105 Å². The topological polar surface area (TPSA) is 69.0 Å². The molecule has 0 aliphatic heterocycles. The van der Waals surface area contributed by atoms with Crippen LogP contribution in [0.5, 0.6) is 0 Å². The Balaban J connectivity index is 2.24. The van der Waals surface area contributed by atoms with Gasteiger partial charge in [-0.25, -0.2) is 4.79 Å². The average molecular weight is 247 g/mol. The largest absolute Gasteiger partial charge is 0.342 e. The zero-order chi connectivity index (χ0) is 13.1. The number of hydrogen-bond acceptors (Lipinski definition) is 2. The SMILES string of the molecule is CCCCN(C)C(=O)c1ccc2[nH]c(=O)[nH]c2c1. The first-order chi connectivity index (χ1) is 8.61. The summed E-state index contributed by atoms with van der Waals surface area (Å²) in [6.07, 6.45) is 2.05. The van der Waals surface area contributed by atoms with Gasteiger partial charge in [-0.1, -0.05) is 13.3 Å². The van der Waals surface area contributed by atoms with Gasteiger partial charge in [0.15, 0.2) is 0 Å². The molecule has 18 heavy (non-hydrogen) atoms. The van der Waals surface area contributed by atoms with Crippen LogP contribution in [0.3, 0.4) is 0 Å². The normalized spacial score (nSPS) is 10.8. The second-order valence-corrected chi connectivity index (χ2v) is 4.42. The average Bonchev–Trinajstić information content (AvgIpc) is 2.73. The summed E-state index contributed by atoms with van der Waals surface area (Å²) in [6, 6.07) is 5.18. The predicted molar refractivity (Wildman–Crippen MR) is 70.8 cm³/mol. The van der Waals surface area contributed by atoms with E-state index in [9.17, 15) is 9.59 Å². The van der Waals surface area contributed by atoms with Crippen molar-refractivity contribution in [3.63, 3.8) is 0 Å². The highest BCUT2D eigenvalue weighted by Gasteiger charge is 2.12. The lowest BCUT2D eigenvalue weighted by Crippen LogP contribution is -2.27. The summed E-state index contributed by atoms with van der Waals surface area (Å²) in [5.74, 6) is -0.0209. The Morgan fingerprint density at radius 3 is 2.72 bits per heavy atom. The fraction of sp³-hybridized carbons (Fsp3) is 0.385. The van der Waals surface area contributed by atoms with Crippen molar-refractivity contribution >= 4 is 16.9 Å². The lowest BCUT2D eigenvalue weighted by atomic mass is 10.1. The first-order valence-corrected chi connectivity index (χ1v) is 6.09. The lowest BCUT2D eigenvalue weighted by Gasteiger charge is -2.16. The van der Waals surface area contributed by atoms with Gasteiger partial charge < -0.3 is 14.9 Å². The molecule has 2 N–H and O–H groups in total. The number of imidazole rings is 1. The van der Waals surface area contributed by atoms with Crippen LogP contribution < -0.4 is 5.69 Å². The Bertz CT molecular complexity index is 612. The van der Waals surface area contributed by atoms with Crippen LogP contribution in [0.2, 0.25) is 0 Å². The number of benzene rings is 1. The standard InChI is InChI=1S/C13H17N3O2/c1-3-4-7-16(2)12(17)9-5-6-10-11(8-9)15-13(18)14-10/h5-6,8H,3-4,7H2,1-2H3,(H2,14,15,18). The van der Waals surface area contributed by atoms with E-state index < -0.39 is 0 Å². The van der Waals surface area contributed by atoms with Gasteiger partial charge in [-0.3, -0.25) is 4.79 Å². The molecule has 0 saturated carbocycles. The van der Waals surface area contributed by atoms with E-state index in [-0.39, 0.29) is 11.6 Å². The Hall–Kier alpha value is -2.04. The number of aromatic amines is 2. The highest BCUT2D eigenvalue weighted by Crippen LogP contribution is 2.12. The van der Waals surface area contributed by atoms with Crippen molar-refractivity contribution in [2.24, 2.45) is 0 Å². The van der Waals surface area contributed by atoms with Crippen LogP contribution in [-0.4, -0.2) is 34.4 Å². The zero-order valence-corrected chi connectivity index (χ0v) is 10.6. The van der Waals surface area contributed by atoms with Gasteiger partial charge in [0, 0.05) is 19.2 Å². The van der Waals surface area contributed by atoms with Crippen molar-refractivity contribution in [2.75, 3.05) is 13.6 Å².